The van der Waals surface area contributed by atoms with Crippen LogP contribution in [0.25, 0.3) is 0 Å². The maximum atomic E-state index is 10.9. The van der Waals surface area contributed by atoms with Crippen molar-refractivity contribution in [1.29, 1.82) is 0 Å². The zero-order valence-electron chi connectivity index (χ0n) is 5.96. The van der Waals surface area contributed by atoms with E-state index in [0.29, 0.717) is 0 Å². The number of hydrogen-bond donors (Lipinski definition) is 1. The molecule has 0 fully saturated rings. The minimum Gasteiger partial charge on any atom is -0.267 e. The lowest BCUT2D eigenvalue weighted by Crippen LogP contribution is -2.14. The number of carbonyl (C=O) groups is 1. The molecule has 60 valence electrons. The highest BCUT2D eigenvalue weighted by molar-refractivity contribution is 6.25. The molecule has 0 aromatic heterocycles. The van der Waals surface area contributed by atoms with Gasteiger partial charge in [0, 0.05) is 0 Å². The number of rotatable bonds is 0. The number of halogens is 1. The summed E-state index contributed by atoms with van der Waals surface area (Å²) in [6, 6.07) is 0. The Morgan fingerprint density at radius 2 is 2.36 bits per heavy atom. The molecule has 4 heteroatoms. The maximum Gasteiger partial charge on any atom is 0.272 e. The molecular formula is C7H9ClN2O. The van der Waals surface area contributed by atoms with Crippen molar-refractivity contribution in [3.8, 4) is 0 Å². The molecule has 0 aromatic rings. The SMILES string of the molecule is Cl.O=C1NN=C2CCCC=C12. The third-order valence-corrected chi connectivity index (χ3v) is 1.81. The van der Waals surface area contributed by atoms with E-state index in [-0.39, 0.29) is 18.3 Å². The molecule has 0 spiro atoms. The summed E-state index contributed by atoms with van der Waals surface area (Å²) in [6.07, 6.45) is 5.05. The molecule has 0 atom stereocenters. The van der Waals surface area contributed by atoms with Crippen molar-refractivity contribution in [2.24, 2.45) is 5.10 Å². The van der Waals surface area contributed by atoms with E-state index >= 15 is 0 Å². The van der Waals surface area contributed by atoms with E-state index in [0.717, 1.165) is 30.5 Å². The van der Waals surface area contributed by atoms with Crippen molar-refractivity contribution in [3.05, 3.63) is 11.6 Å². The highest BCUT2D eigenvalue weighted by Crippen LogP contribution is 2.18. The number of nitrogens with one attached hydrogen (secondary N) is 1. The lowest BCUT2D eigenvalue weighted by atomic mass is 9.98. The van der Waals surface area contributed by atoms with Gasteiger partial charge < -0.3 is 0 Å². The van der Waals surface area contributed by atoms with Crippen LogP contribution in [-0.4, -0.2) is 11.6 Å². The summed E-state index contributed by atoms with van der Waals surface area (Å²) in [5.74, 6) is -0.0327. The fourth-order valence-electron chi connectivity index (χ4n) is 1.29. The second kappa shape index (κ2) is 3.05. The number of hydrogen-bond acceptors (Lipinski definition) is 2. The van der Waals surface area contributed by atoms with Gasteiger partial charge in [-0.2, -0.15) is 5.10 Å². The molecule has 0 radical (unpaired) electrons. The van der Waals surface area contributed by atoms with Gasteiger partial charge in [-0.3, -0.25) is 4.79 Å². The van der Waals surface area contributed by atoms with Gasteiger partial charge in [-0.25, -0.2) is 5.43 Å². The summed E-state index contributed by atoms with van der Waals surface area (Å²) in [4.78, 5) is 10.9. The van der Waals surface area contributed by atoms with E-state index in [4.69, 9.17) is 0 Å². The van der Waals surface area contributed by atoms with Gasteiger partial charge in [0.2, 0.25) is 0 Å². The molecule has 1 heterocycles. The molecule has 2 rings (SSSR count). The molecule has 0 unspecified atom stereocenters. The largest absolute Gasteiger partial charge is 0.272 e. The smallest absolute Gasteiger partial charge is 0.267 e. The Labute approximate surface area is 71.0 Å². The standard InChI is InChI=1S/C7H8N2O.ClH/c10-7-5-3-1-2-4-6(5)8-9-7;/h3H,1-2,4H2,(H,9,10);1H. The molecular weight excluding hydrogens is 164 g/mol. The quantitative estimate of drug-likeness (QED) is 0.582. The summed E-state index contributed by atoms with van der Waals surface area (Å²) >= 11 is 0. The van der Waals surface area contributed by atoms with Gasteiger partial charge in [0.05, 0.1) is 11.3 Å². The minimum atomic E-state index is -0.0327. The molecule has 0 saturated heterocycles. The topological polar surface area (TPSA) is 41.5 Å². The number of allylic oxidation sites excluding steroid dienone is 1. The highest BCUT2D eigenvalue weighted by atomic mass is 35.5. The van der Waals surface area contributed by atoms with Gasteiger partial charge in [0.25, 0.3) is 5.91 Å². The Bertz CT molecular complexity index is 245. The van der Waals surface area contributed by atoms with Crippen molar-refractivity contribution in [3.63, 3.8) is 0 Å². The van der Waals surface area contributed by atoms with Crippen molar-refractivity contribution in [2.75, 3.05) is 0 Å². The summed E-state index contributed by atoms with van der Waals surface area (Å²) in [7, 11) is 0. The first-order valence-corrected chi connectivity index (χ1v) is 3.45. The van der Waals surface area contributed by atoms with Crippen LogP contribution in [0.3, 0.4) is 0 Å². The first kappa shape index (κ1) is 8.27. The van der Waals surface area contributed by atoms with Crippen molar-refractivity contribution in [2.45, 2.75) is 19.3 Å². The summed E-state index contributed by atoms with van der Waals surface area (Å²) < 4.78 is 0. The molecule has 2 aliphatic rings. The number of hydrazone groups is 1. The fraction of sp³-hybridized carbons (Fsp3) is 0.429. The third-order valence-electron chi connectivity index (χ3n) is 1.81. The zero-order valence-corrected chi connectivity index (χ0v) is 6.78. The Hall–Kier alpha value is -0.830. The van der Waals surface area contributed by atoms with E-state index < -0.39 is 0 Å². The third kappa shape index (κ3) is 1.28. The predicted octanol–water partition coefficient (Wildman–Crippen LogP) is 1.00. The van der Waals surface area contributed by atoms with Crippen molar-refractivity contribution >= 4 is 24.0 Å². The molecule has 0 bridgehead atoms. The summed E-state index contributed by atoms with van der Waals surface area (Å²) in [5, 5.41) is 3.89. The van der Waals surface area contributed by atoms with E-state index in [1.54, 1.807) is 0 Å². The predicted molar refractivity (Wildman–Crippen MR) is 44.8 cm³/mol. The Morgan fingerprint density at radius 3 is 3.09 bits per heavy atom. The number of carbonyl (C=O) groups excluding carboxylic acids is 1. The summed E-state index contributed by atoms with van der Waals surface area (Å²) in [6.45, 7) is 0. The van der Waals surface area contributed by atoms with Crippen LogP contribution in [-0.2, 0) is 4.79 Å². The van der Waals surface area contributed by atoms with Crippen molar-refractivity contribution in [1.82, 2.24) is 5.43 Å². The van der Waals surface area contributed by atoms with Gasteiger partial charge in [-0.15, -0.1) is 12.4 Å². The van der Waals surface area contributed by atoms with E-state index in [1.165, 1.54) is 0 Å². The molecule has 1 aliphatic carbocycles. The van der Waals surface area contributed by atoms with Gasteiger partial charge in [0.1, 0.15) is 0 Å². The Balaban J connectivity index is 0.000000605. The van der Waals surface area contributed by atoms with Crippen LogP contribution < -0.4 is 5.43 Å². The Kier molecular flexibility index (Phi) is 2.29. The number of amides is 1. The average Bonchev–Trinajstić information content (AvgIpc) is 2.34. The second-order valence-corrected chi connectivity index (χ2v) is 2.51. The zero-order chi connectivity index (χ0) is 6.97. The van der Waals surface area contributed by atoms with E-state index in [2.05, 4.69) is 10.5 Å². The van der Waals surface area contributed by atoms with Gasteiger partial charge in [-0.1, -0.05) is 6.08 Å². The van der Waals surface area contributed by atoms with Crippen LogP contribution in [0.1, 0.15) is 19.3 Å². The van der Waals surface area contributed by atoms with Crippen LogP contribution in [0, 0.1) is 0 Å². The molecule has 1 aliphatic heterocycles. The highest BCUT2D eigenvalue weighted by Gasteiger charge is 2.23. The van der Waals surface area contributed by atoms with Crippen LogP contribution in [0.2, 0.25) is 0 Å². The summed E-state index contributed by atoms with van der Waals surface area (Å²) in [5.41, 5.74) is 4.18. The van der Waals surface area contributed by atoms with E-state index in [1.807, 2.05) is 6.08 Å². The van der Waals surface area contributed by atoms with Crippen LogP contribution in [0.15, 0.2) is 16.8 Å². The normalized spacial score (nSPS) is 20.9. The Morgan fingerprint density at radius 1 is 1.55 bits per heavy atom. The number of fused-ring (bicyclic) bond motifs is 1. The number of nitrogens with zero attached hydrogens (tertiary/aromatic N) is 1. The van der Waals surface area contributed by atoms with Gasteiger partial charge >= 0.3 is 0 Å². The van der Waals surface area contributed by atoms with Crippen LogP contribution in [0.4, 0.5) is 0 Å². The second-order valence-electron chi connectivity index (χ2n) is 2.51. The van der Waals surface area contributed by atoms with Crippen LogP contribution >= 0.6 is 12.4 Å². The van der Waals surface area contributed by atoms with E-state index in [9.17, 15) is 4.79 Å². The van der Waals surface area contributed by atoms with Crippen LogP contribution in [0.5, 0.6) is 0 Å². The first-order valence-electron chi connectivity index (χ1n) is 3.45. The molecule has 1 N–H and O–H groups in total. The lowest BCUT2D eigenvalue weighted by Gasteiger charge is -2.05. The fourth-order valence-corrected chi connectivity index (χ4v) is 1.29. The molecule has 11 heavy (non-hydrogen) atoms. The molecule has 0 aromatic carbocycles. The minimum absolute atomic E-state index is 0. The molecule has 0 saturated carbocycles. The lowest BCUT2D eigenvalue weighted by molar-refractivity contribution is -0.116. The average molecular weight is 173 g/mol. The van der Waals surface area contributed by atoms with Crippen molar-refractivity contribution < 1.29 is 4.79 Å². The monoisotopic (exact) mass is 172 g/mol. The first-order chi connectivity index (χ1) is 4.88. The molecule has 3 nitrogen and oxygen atoms in total. The van der Waals surface area contributed by atoms with Gasteiger partial charge in [0.15, 0.2) is 0 Å². The maximum absolute atomic E-state index is 10.9. The molecule has 1 amide bonds. The van der Waals surface area contributed by atoms with Gasteiger partial charge in [-0.05, 0) is 19.3 Å².